The number of carbonyl (C=O) groups excluding carboxylic acids is 1. The molecule has 1 N–H and O–H groups in total. The number of methoxy groups -OCH3 is 3. The molecule has 128 valence electrons. The Hall–Kier alpha value is -2.69. The number of benzene rings is 2. The molecule has 0 aliphatic heterocycles. The Morgan fingerprint density at radius 1 is 0.958 bits per heavy atom. The molecule has 0 saturated carbocycles. The van der Waals surface area contributed by atoms with E-state index < -0.39 is 0 Å². The molecule has 0 spiro atoms. The highest BCUT2D eigenvalue weighted by Crippen LogP contribution is 2.28. The van der Waals surface area contributed by atoms with Crippen LogP contribution in [0.25, 0.3) is 0 Å². The van der Waals surface area contributed by atoms with E-state index >= 15 is 0 Å². The third-order valence-electron chi connectivity index (χ3n) is 3.88. The summed E-state index contributed by atoms with van der Waals surface area (Å²) in [5.41, 5.74) is 1.56. The zero-order valence-corrected chi connectivity index (χ0v) is 14.5. The molecule has 0 fully saturated rings. The number of rotatable bonds is 7. The van der Waals surface area contributed by atoms with Gasteiger partial charge in [0.2, 0.25) is 0 Å². The molecule has 0 saturated heterocycles. The molecule has 1 amide bonds. The van der Waals surface area contributed by atoms with E-state index in [0.29, 0.717) is 17.1 Å². The molecule has 2 rings (SSSR count). The van der Waals surface area contributed by atoms with Crippen LogP contribution in [0.2, 0.25) is 0 Å². The Bertz CT molecular complexity index is 682. The Morgan fingerprint density at radius 2 is 1.62 bits per heavy atom. The lowest BCUT2D eigenvalue weighted by Crippen LogP contribution is -2.28. The van der Waals surface area contributed by atoms with Gasteiger partial charge in [0, 0.05) is 5.56 Å². The van der Waals surface area contributed by atoms with E-state index in [1.165, 1.54) is 0 Å². The van der Waals surface area contributed by atoms with Crippen molar-refractivity contribution in [1.82, 2.24) is 5.32 Å². The molecule has 2 aromatic rings. The van der Waals surface area contributed by atoms with E-state index in [1.807, 2.05) is 31.2 Å². The summed E-state index contributed by atoms with van der Waals surface area (Å²) < 4.78 is 15.6. The number of ether oxygens (including phenoxy) is 3. The largest absolute Gasteiger partial charge is 0.497 e. The van der Waals surface area contributed by atoms with Crippen LogP contribution in [0.3, 0.4) is 0 Å². The van der Waals surface area contributed by atoms with Gasteiger partial charge >= 0.3 is 0 Å². The van der Waals surface area contributed by atoms with Gasteiger partial charge < -0.3 is 19.5 Å². The van der Waals surface area contributed by atoms with Crippen LogP contribution in [0, 0.1) is 0 Å². The minimum absolute atomic E-state index is 0.0727. The molecular formula is C19H23NO4. The highest BCUT2D eigenvalue weighted by atomic mass is 16.5. The second-order valence-electron chi connectivity index (χ2n) is 5.28. The lowest BCUT2D eigenvalue weighted by molar-refractivity contribution is 0.0935. The van der Waals surface area contributed by atoms with Crippen molar-refractivity contribution in [2.24, 2.45) is 0 Å². The van der Waals surface area contributed by atoms with E-state index in [9.17, 15) is 4.79 Å². The fraction of sp³-hybridized carbons (Fsp3) is 0.316. The van der Waals surface area contributed by atoms with E-state index in [1.54, 1.807) is 39.5 Å². The second-order valence-corrected chi connectivity index (χ2v) is 5.28. The number of hydrogen-bond donors (Lipinski definition) is 1. The molecule has 5 heteroatoms. The minimum atomic E-state index is -0.154. The molecule has 0 heterocycles. The summed E-state index contributed by atoms with van der Waals surface area (Å²) in [5, 5.41) is 3.05. The van der Waals surface area contributed by atoms with Crippen LogP contribution < -0.4 is 19.5 Å². The van der Waals surface area contributed by atoms with Crippen molar-refractivity contribution in [2.75, 3.05) is 21.3 Å². The zero-order chi connectivity index (χ0) is 17.5. The van der Waals surface area contributed by atoms with Gasteiger partial charge in [0.05, 0.1) is 27.4 Å². The second kappa shape index (κ2) is 8.24. The summed E-state index contributed by atoms with van der Waals surface area (Å²) >= 11 is 0. The van der Waals surface area contributed by atoms with Gasteiger partial charge in [-0.25, -0.2) is 0 Å². The highest BCUT2D eigenvalue weighted by Gasteiger charge is 2.16. The van der Waals surface area contributed by atoms with Gasteiger partial charge in [-0.05, 0) is 42.3 Å². The summed E-state index contributed by atoms with van der Waals surface area (Å²) in [6.07, 6.45) is 0.783. The molecule has 0 aromatic heterocycles. The molecule has 5 nitrogen and oxygen atoms in total. The molecule has 0 aliphatic carbocycles. The van der Waals surface area contributed by atoms with Crippen LogP contribution in [0.4, 0.5) is 0 Å². The van der Waals surface area contributed by atoms with Crippen molar-refractivity contribution in [2.45, 2.75) is 19.4 Å². The highest BCUT2D eigenvalue weighted by molar-refractivity contribution is 5.95. The van der Waals surface area contributed by atoms with Gasteiger partial charge in [0.15, 0.2) is 11.5 Å². The standard InChI is InChI=1S/C19H23NO4/c1-5-16(13-6-9-15(22-2)10-7-13)20-19(21)14-8-11-17(23-3)18(12-14)24-4/h6-12,16H,5H2,1-4H3,(H,20,21). The SMILES string of the molecule is CCC(NC(=O)c1ccc(OC)c(OC)c1)c1ccc(OC)cc1. The number of nitrogens with one attached hydrogen (secondary N) is 1. The molecular weight excluding hydrogens is 306 g/mol. The maximum absolute atomic E-state index is 12.5. The topological polar surface area (TPSA) is 56.8 Å². The summed E-state index contributed by atoms with van der Waals surface area (Å²) in [5.74, 6) is 1.76. The molecule has 1 atom stereocenters. The van der Waals surface area contributed by atoms with Gasteiger partial charge in [-0.2, -0.15) is 0 Å². The lowest BCUT2D eigenvalue weighted by Gasteiger charge is -2.18. The van der Waals surface area contributed by atoms with Gasteiger partial charge in [-0.15, -0.1) is 0 Å². The maximum atomic E-state index is 12.5. The van der Waals surface area contributed by atoms with Crippen molar-refractivity contribution >= 4 is 5.91 Å². The van der Waals surface area contributed by atoms with Crippen LogP contribution in [-0.4, -0.2) is 27.2 Å². The fourth-order valence-corrected chi connectivity index (χ4v) is 2.48. The van der Waals surface area contributed by atoms with Crippen LogP contribution >= 0.6 is 0 Å². The predicted octanol–water partition coefficient (Wildman–Crippen LogP) is 3.59. The fourth-order valence-electron chi connectivity index (χ4n) is 2.48. The molecule has 0 bridgehead atoms. The van der Waals surface area contributed by atoms with Crippen molar-refractivity contribution in [1.29, 1.82) is 0 Å². The van der Waals surface area contributed by atoms with E-state index in [0.717, 1.165) is 17.7 Å². The normalized spacial score (nSPS) is 11.5. The summed E-state index contributed by atoms with van der Waals surface area (Å²) in [7, 11) is 4.74. The first-order valence-corrected chi connectivity index (χ1v) is 7.79. The monoisotopic (exact) mass is 329 g/mol. The zero-order valence-electron chi connectivity index (χ0n) is 14.5. The van der Waals surface area contributed by atoms with Crippen LogP contribution in [0.1, 0.15) is 35.3 Å². The van der Waals surface area contributed by atoms with E-state index in [2.05, 4.69) is 5.32 Å². The first-order valence-electron chi connectivity index (χ1n) is 7.79. The average Bonchev–Trinajstić information content (AvgIpc) is 2.65. The molecule has 0 aliphatic rings. The van der Waals surface area contributed by atoms with Crippen LogP contribution in [0.5, 0.6) is 17.2 Å². The van der Waals surface area contributed by atoms with Gasteiger partial charge in [0.1, 0.15) is 5.75 Å². The van der Waals surface area contributed by atoms with Gasteiger partial charge in [-0.1, -0.05) is 19.1 Å². The number of amides is 1. The third-order valence-corrected chi connectivity index (χ3v) is 3.88. The summed E-state index contributed by atoms with van der Waals surface area (Å²) in [4.78, 5) is 12.5. The summed E-state index contributed by atoms with van der Waals surface area (Å²) in [6, 6.07) is 12.7. The smallest absolute Gasteiger partial charge is 0.251 e. The van der Waals surface area contributed by atoms with E-state index in [-0.39, 0.29) is 11.9 Å². The van der Waals surface area contributed by atoms with Crippen molar-refractivity contribution in [3.05, 3.63) is 53.6 Å². The quantitative estimate of drug-likeness (QED) is 0.843. The minimum Gasteiger partial charge on any atom is -0.497 e. The average molecular weight is 329 g/mol. The lowest BCUT2D eigenvalue weighted by atomic mass is 10.0. The molecule has 1 unspecified atom stereocenters. The van der Waals surface area contributed by atoms with Crippen molar-refractivity contribution in [3.63, 3.8) is 0 Å². The summed E-state index contributed by atoms with van der Waals surface area (Å²) in [6.45, 7) is 2.03. The first-order chi connectivity index (χ1) is 11.6. The number of hydrogen-bond acceptors (Lipinski definition) is 4. The molecule has 2 aromatic carbocycles. The van der Waals surface area contributed by atoms with Gasteiger partial charge in [-0.3, -0.25) is 4.79 Å². The Kier molecular flexibility index (Phi) is 6.07. The van der Waals surface area contributed by atoms with Crippen molar-refractivity contribution < 1.29 is 19.0 Å². The Balaban J connectivity index is 2.16. The van der Waals surface area contributed by atoms with E-state index in [4.69, 9.17) is 14.2 Å². The Labute approximate surface area is 142 Å². The maximum Gasteiger partial charge on any atom is 0.251 e. The molecule has 0 radical (unpaired) electrons. The van der Waals surface area contributed by atoms with Crippen LogP contribution in [-0.2, 0) is 0 Å². The van der Waals surface area contributed by atoms with Crippen molar-refractivity contribution in [3.8, 4) is 17.2 Å². The third kappa shape index (κ3) is 3.98. The van der Waals surface area contributed by atoms with Crippen LogP contribution in [0.15, 0.2) is 42.5 Å². The van der Waals surface area contributed by atoms with Gasteiger partial charge in [0.25, 0.3) is 5.91 Å². The first kappa shape index (κ1) is 17.7. The number of carbonyl (C=O) groups is 1. The molecule has 24 heavy (non-hydrogen) atoms. The Morgan fingerprint density at radius 3 is 2.17 bits per heavy atom. The predicted molar refractivity (Wildman–Crippen MR) is 93.0 cm³/mol.